The van der Waals surface area contributed by atoms with Crippen molar-refractivity contribution in [1.29, 1.82) is 5.26 Å². The van der Waals surface area contributed by atoms with E-state index < -0.39 is 38.0 Å². The molecule has 0 spiro atoms. The third-order valence-electron chi connectivity index (χ3n) is 6.52. The Bertz CT molecular complexity index is 1370. The summed E-state index contributed by atoms with van der Waals surface area (Å²) in [7, 11) is -3.94. The Labute approximate surface area is 196 Å². The lowest BCUT2D eigenvalue weighted by molar-refractivity contribution is 0.102. The summed E-state index contributed by atoms with van der Waals surface area (Å²) < 4.78 is 46.0. The van der Waals surface area contributed by atoms with E-state index in [1.54, 1.807) is 25.1 Å². The van der Waals surface area contributed by atoms with Crippen LogP contribution in [-0.2, 0) is 15.4 Å². The summed E-state index contributed by atoms with van der Waals surface area (Å²) in [5.74, 6) is -0.443. The van der Waals surface area contributed by atoms with Crippen LogP contribution in [0.4, 0.5) is 10.1 Å². The van der Waals surface area contributed by atoms with E-state index in [2.05, 4.69) is 15.3 Å². The Morgan fingerprint density at radius 3 is 2.76 bits per heavy atom. The number of ether oxygens (including phenoxy) is 1. The van der Waals surface area contributed by atoms with E-state index in [1.165, 1.54) is 26.1 Å². The number of alkyl halides is 1. The van der Waals surface area contributed by atoms with E-state index >= 15 is 0 Å². The van der Waals surface area contributed by atoms with Crippen LogP contribution in [-0.4, -0.2) is 48.4 Å². The summed E-state index contributed by atoms with van der Waals surface area (Å²) in [5.41, 5.74) is 5.69. The van der Waals surface area contributed by atoms with Gasteiger partial charge in [-0.25, -0.2) is 17.8 Å². The lowest BCUT2D eigenvalue weighted by atomic mass is 9.85. The van der Waals surface area contributed by atoms with Gasteiger partial charge in [-0.1, -0.05) is 0 Å². The van der Waals surface area contributed by atoms with Gasteiger partial charge < -0.3 is 15.8 Å². The molecule has 3 heterocycles. The number of halogens is 1. The minimum absolute atomic E-state index is 0.0389. The molecule has 178 valence electrons. The normalized spacial score (nSPS) is 24.3. The van der Waals surface area contributed by atoms with Crippen LogP contribution < -0.4 is 15.8 Å². The van der Waals surface area contributed by atoms with Gasteiger partial charge >= 0.3 is 0 Å². The summed E-state index contributed by atoms with van der Waals surface area (Å²) >= 11 is 0. The van der Waals surface area contributed by atoms with Crippen molar-refractivity contribution in [2.45, 2.75) is 42.7 Å². The molecule has 34 heavy (non-hydrogen) atoms. The maximum atomic E-state index is 14.8. The summed E-state index contributed by atoms with van der Waals surface area (Å²) in [4.78, 5) is 21.3. The van der Waals surface area contributed by atoms with Crippen LogP contribution in [0.15, 0.2) is 35.5 Å². The number of nitriles is 1. The van der Waals surface area contributed by atoms with Crippen molar-refractivity contribution in [2.75, 3.05) is 18.6 Å². The van der Waals surface area contributed by atoms with Crippen molar-refractivity contribution in [3.63, 3.8) is 0 Å². The van der Waals surface area contributed by atoms with Crippen molar-refractivity contribution in [3.05, 3.63) is 52.8 Å². The number of pyridine rings is 1. The molecule has 4 rings (SSSR count). The number of nitrogens with two attached hydrogens (primary N) is 1. The number of aromatic nitrogens is 1. The molecule has 0 saturated carbocycles. The Balaban J connectivity index is 1.81. The summed E-state index contributed by atoms with van der Waals surface area (Å²) in [6, 6.07) is 8.08. The van der Waals surface area contributed by atoms with Gasteiger partial charge in [0.1, 0.15) is 40.3 Å². The highest BCUT2D eigenvalue weighted by atomic mass is 32.2. The summed E-state index contributed by atoms with van der Waals surface area (Å²) in [6.07, 6.45) is 1.33. The monoisotopic (exact) mass is 485 g/mol. The summed E-state index contributed by atoms with van der Waals surface area (Å²) in [5, 5.41) is 10.5. The van der Waals surface area contributed by atoms with Crippen molar-refractivity contribution >= 4 is 27.3 Å². The molecular formula is C23H24FN5O4S. The van der Waals surface area contributed by atoms with E-state index in [4.69, 9.17) is 15.7 Å². The van der Waals surface area contributed by atoms with Gasteiger partial charge in [-0.15, -0.1) is 0 Å². The first-order chi connectivity index (χ1) is 16.0. The average Bonchev–Trinajstić information content (AvgIpc) is 2.95. The first-order valence-electron chi connectivity index (χ1n) is 10.6. The number of hydrogen-bond donors (Lipinski definition) is 2. The van der Waals surface area contributed by atoms with Crippen LogP contribution in [0, 0.1) is 18.3 Å². The fourth-order valence-corrected chi connectivity index (χ4v) is 6.62. The van der Waals surface area contributed by atoms with E-state index in [1.807, 2.05) is 6.07 Å². The Hall–Kier alpha value is -3.52. The molecule has 0 fully saturated rings. The molecule has 2 atom stereocenters. The quantitative estimate of drug-likeness (QED) is 0.678. The topological polar surface area (TPSA) is 148 Å². The molecule has 0 radical (unpaired) electrons. The lowest BCUT2D eigenvalue weighted by Gasteiger charge is -2.43. The number of sulfone groups is 1. The van der Waals surface area contributed by atoms with Gasteiger partial charge in [0.05, 0.1) is 17.4 Å². The second-order valence-electron chi connectivity index (χ2n) is 8.90. The van der Waals surface area contributed by atoms with E-state index in [0.29, 0.717) is 11.1 Å². The first-order valence-corrected chi connectivity index (χ1v) is 12.1. The molecular weight excluding hydrogens is 461 g/mol. The highest BCUT2D eigenvalue weighted by Gasteiger charge is 2.59. The van der Waals surface area contributed by atoms with Crippen LogP contribution in [0.25, 0.3) is 0 Å². The molecule has 2 aliphatic heterocycles. The molecule has 0 unspecified atom stereocenters. The molecule has 0 bridgehead atoms. The number of aliphatic imine (C=N–C) groups is 1. The van der Waals surface area contributed by atoms with Crippen molar-refractivity contribution in [3.8, 4) is 11.8 Å². The predicted molar refractivity (Wildman–Crippen MR) is 124 cm³/mol. The van der Waals surface area contributed by atoms with Crippen molar-refractivity contribution in [2.24, 2.45) is 10.7 Å². The molecule has 2 aliphatic rings. The number of amides is 1. The van der Waals surface area contributed by atoms with Gasteiger partial charge in [0.25, 0.3) is 5.91 Å². The number of hydrogen-bond acceptors (Lipinski definition) is 8. The number of benzene rings is 1. The smallest absolute Gasteiger partial charge is 0.274 e. The third kappa shape index (κ3) is 3.40. The second-order valence-corrected chi connectivity index (χ2v) is 11.6. The number of carbonyl (C=O) groups excluding carboxylic acids is 1. The fraction of sp³-hybridized carbons (Fsp3) is 0.391. The molecule has 0 saturated heterocycles. The largest absolute Gasteiger partial charge is 0.493 e. The van der Waals surface area contributed by atoms with Crippen LogP contribution in [0.3, 0.4) is 0 Å². The van der Waals surface area contributed by atoms with Crippen LogP contribution in [0.1, 0.15) is 47.4 Å². The molecule has 9 nitrogen and oxygen atoms in total. The predicted octanol–water partition coefficient (Wildman–Crippen LogP) is 2.39. The second kappa shape index (κ2) is 8.06. The number of carbonyl (C=O) groups is 1. The van der Waals surface area contributed by atoms with Crippen molar-refractivity contribution in [1.82, 2.24) is 4.98 Å². The minimum Gasteiger partial charge on any atom is -0.493 e. The van der Waals surface area contributed by atoms with Crippen molar-refractivity contribution < 1.29 is 22.3 Å². The maximum absolute atomic E-state index is 14.8. The highest BCUT2D eigenvalue weighted by Crippen LogP contribution is 2.49. The van der Waals surface area contributed by atoms with Gasteiger partial charge in [-0.3, -0.25) is 9.79 Å². The fourth-order valence-electron chi connectivity index (χ4n) is 4.41. The maximum Gasteiger partial charge on any atom is 0.274 e. The Morgan fingerprint density at radius 2 is 2.12 bits per heavy atom. The van der Waals surface area contributed by atoms with Gasteiger partial charge in [0.2, 0.25) is 0 Å². The van der Waals surface area contributed by atoms with Gasteiger partial charge in [0.15, 0.2) is 9.84 Å². The standard InChI is InChI=1S/C23H24FN5O4S/c1-13-8-14(10-25)11-27-19(13)20(30)28-15-4-5-17-16(9-15)23(12-24)18(6-7-33-17)34(31,32)22(2,3)21(26)29-23/h4-5,8-9,11,18H,6-7,12H2,1-3H3,(H2,26,29)(H,28,30)/t18-,23+/m0/s1. The number of amidine groups is 1. The van der Waals surface area contributed by atoms with E-state index in [9.17, 15) is 17.6 Å². The number of anilines is 1. The van der Waals surface area contributed by atoms with Crippen LogP contribution >= 0.6 is 0 Å². The van der Waals surface area contributed by atoms with Crippen LogP contribution in [0.5, 0.6) is 5.75 Å². The number of aryl methyl sites for hydroxylation is 1. The minimum atomic E-state index is -3.94. The third-order valence-corrected chi connectivity index (χ3v) is 9.53. The van der Waals surface area contributed by atoms with Gasteiger partial charge in [-0.05, 0) is 50.6 Å². The molecule has 3 N–H and O–H groups in total. The molecule has 1 aromatic carbocycles. The zero-order chi connectivity index (χ0) is 24.9. The van der Waals surface area contributed by atoms with E-state index in [0.717, 1.165) is 0 Å². The molecule has 1 aromatic heterocycles. The van der Waals surface area contributed by atoms with Gasteiger partial charge in [-0.2, -0.15) is 5.26 Å². The molecule has 1 amide bonds. The molecule has 11 heteroatoms. The lowest BCUT2D eigenvalue weighted by Crippen LogP contribution is -2.61. The number of nitrogens with one attached hydrogen (secondary N) is 1. The number of rotatable bonds is 3. The zero-order valence-electron chi connectivity index (χ0n) is 18.9. The highest BCUT2D eigenvalue weighted by molar-refractivity contribution is 7.94. The first kappa shape index (κ1) is 23.6. The van der Waals surface area contributed by atoms with E-state index in [-0.39, 0.29) is 41.6 Å². The number of nitrogens with zero attached hydrogens (tertiary/aromatic N) is 3. The van der Waals surface area contributed by atoms with Gasteiger partial charge in [0, 0.05) is 23.9 Å². The SMILES string of the molecule is Cc1cc(C#N)cnc1C(=O)Nc1ccc2c(c1)[C@@]1(CF)N=C(N)C(C)(C)S(=O)(=O)[C@H]1CCO2. The number of fused-ring (bicyclic) bond motifs is 3. The Morgan fingerprint density at radius 1 is 1.38 bits per heavy atom. The zero-order valence-corrected chi connectivity index (χ0v) is 19.7. The average molecular weight is 486 g/mol. The van der Waals surface area contributed by atoms with Crippen LogP contribution in [0.2, 0.25) is 0 Å². The Kier molecular flexibility index (Phi) is 5.60. The summed E-state index contributed by atoms with van der Waals surface area (Å²) in [6.45, 7) is 3.52. The molecule has 0 aliphatic carbocycles. The molecule has 2 aromatic rings.